The van der Waals surface area contributed by atoms with E-state index in [1.165, 1.54) is 0 Å². The van der Waals surface area contributed by atoms with Gasteiger partial charge in [-0.3, -0.25) is 9.89 Å². The molecular formula is C12H13N5O2. The Labute approximate surface area is 109 Å². The van der Waals surface area contributed by atoms with Gasteiger partial charge in [0, 0.05) is 12.0 Å². The van der Waals surface area contributed by atoms with Crippen LogP contribution in [-0.4, -0.2) is 34.2 Å². The van der Waals surface area contributed by atoms with Crippen molar-refractivity contribution in [2.75, 3.05) is 18.5 Å². The quantitative estimate of drug-likeness (QED) is 0.735. The van der Waals surface area contributed by atoms with Crippen LogP contribution in [0.25, 0.3) is 11.4 Å². The summed E-state index contributed by atoms with van der Waals surface area (Å²) in [6.07, 6.45) is 0.651. The van der Waals surface area contributed by atoms with E-state index in [0.717, 1.165) is 11.4 Å². The molecule has 0 atom stereocenters. The normalized spacial score (nSPS) is 13.6. The molecule has 0 radical (unpaired) electrons. The van der Waals surface area contributed by atoms with Gasteiger partial charge in [0.2, 0.25) is 0 Å². The Morgan fingerprint density at radius 1 is 1.42 bits per heavy atom. The van der Waals surface area contributed by atoms with Crippen molar-refractivity contribution in [2.45, 2.75) is 6.42 Å². The molecule has 98 valence electrons. The third-order valence-electron chi connectivity index (χ3n) is 2.78. The van der Waals surface area contributed by atoms with Crippen LogP contribution in [0.15, 0.2) is 18.2 Å². The van der Waals surface area contributed by atoms with E-state index < -0.39 is 0 Å². The van der Waals surface area contributed by atoms with Crippen molar-refractivity contribution in [3.8, 4) is 17.1 Å². The molecule has 0 saturated heterocycles. The highest BCUT2D eigenvalue weighted by atomic mass is 16.5. The number of rotatable bonds is 3. The topological polar surface area (TPSA) is 106 Å². The largest absolute Gasteiger partial charge is 0.482 e. The van der Waals surface area contributed by atoms with Crippen LogP contribution in [-0.2, 0) is 11.2 Å². The fraction of sp³-hybridized carbons (Fsp3) is 0.250. The number of nitrogens with zero attached hydrogens (tertiary/aromatic N) is 2. The number of H-pyrrole nitrogens is 1. The van der Waals surface area contributed by atoms with Gasteiger partial charge in [0.15, 0.2) is 12.4 Å². The SMILES string of the molecule is NCCc1nc(-c2ccc3c(c2)NC(=O)CO3)n[nH]1. The average molecular weight is 259 g/mol. The van der Waals surface area contributed by atoms with Crippen molar-refractivity contribution in [3.05, 3.63) is 24.0 Å². The summed E-state index contributed by atoms with van der Waals surface area (Å²) < 4.78 is 5.29. The predicted octanol–water partition coefficient (Wildman–Crippen LogP) is 0.304. The lowest BCUT2D eigenvalue weighted by molar-refractivity contribution is -0.118. The fourth-order valence-corrected chi connectivity index (χ4v) is 1.90. The van der Waals surface area contributed by atoms with Crippen molar-refractivity contribution in [3.63, 3.8) is 0 Å². The van der Waals surface area contributed by atoms with E-state index in [2.05, 4.69) is 20.5 Å². The minimum Gasteiger partial charge on any atom is -0.482 e. The number of anilines is 1. The molecule has 1 aromatic heterocycles. The number of carbonyl (C=O) groups excluding carboxylic acids is 1. The van der Waals surface area contributed by atoms with Crippen LogP contribution < -0.4 is 15.8 Å². The average Bonchev–Trinajstić information content (AvgIpc) is 2.87. The van der Waals surface area contributed by atoms with Gasteiger partial charge in [0.05, 0.1) is 5.69 Å². The monoisotopic (exact) mass is 259 g/mol. The highest BCUT2D eigenvalue weighted by molar-refractivity contribution is 5.96. The first-order valence-electron chi connectivity index (χ1n) is 5.94. The van der Waals surface area contributed by atoms with Crippen LogP contribution in [0.1, 0.15) is 5.82 Å². The molecule has 7 heteroatoms. The molecule has 19 heavy (non-hydrogen) atoms. The Hall–Kier alpha value is -2.41. The highest BCUT2D eigenvalue weighted by Crippen LogP contribution is 2.31. The molecule has 1 aromatic carbocycles. The number of hydrogen-bond donors (Lipinski definition) is 3. The van der Waals surface area contributed by atoms with Crippen molar-refractivity contribution >= 4 is 11.6 Å². The number of carbonyl (C=O) groups is 1. The summed E-state index contributed by atoms with van der Waals surface area (Å²) in [6, 6.07) is 5.44. The number of amides is 1. The van der Waals surface area contributed by atoms with Crippen LogP contribution in [0.5, 0.6) is 5.75 Å². The van der Waals surface area contributed by atoms with Gasteiger partial charge in [0.1, 0.15) is 11.6 Å². The van der Waals surface area contributed by atoms with E-state index in [-0.39, 0.29) is 12.5 Å². The molecule has 1 aliphatic rings. The second-order valence-corrected chi connectivity index (χ2v) is 4.19. The van der Waals surface area contributed by atoms with E-state index in [1.54, 1.807) is 12.1 Å². The lowest BCUT2D eigenvalue weighted by Crippen LogP contribution is -2.25. The Balaban J connectivity index is 1.92. The molecule has 1 aliphatic heterocycles. The minimum atomic E-state index is -0.163. The molecule has 7 nitrogen and oxygen atoms in total. The molecule has 4 N–H and O–H groups in total. The van der Waals surface area contributed by atoms with Crippen LogP contribution in [0, 0.1) is 0 Å². The molecule has 0 fully saturated rings. The van der Waals surface area contributed by atoms with E-state index in [9.17, 15) is 4.79 Å². The number of benzene rings is 1. The number of nitrogens with one attached hydrogen (secondary N) is 2. The molecule has 0 unspecified atom stereocenters. The summed E-state index contributed by atoms with van der Waals surface area (Å²) in [5.41, 5.74) is 6.91. The van der Waals surface area contributed by atoms with Gasteiger partial charge >= 0.3 is 0 Å². The maximum absolute atomic E-state index is 11.3. The molecule has 0 bridgehead atoms. The van der Waals surface area contributed by atoms with Crippen LogP contribution >= 0.6 is 0 Å². The smallest absolute Gasteiger partial charge is 0.262 e. The number of hydrogen-bond acceptors (Lipinski definition) is 5. The van der Waals surface area contributed by atoms with Crippen LogP contribution in [0.3, 0.4) is 0 Å². The third-order valence-corrected chi connectivity index (χ3v) is 2.78. The lowest BCUT2D eigenvalue weighted by atomic mass is 10.1. The molecule has 3 rings (SSSR count). The number of fused-ring (bicyclic) bond motifs is 1. The summed E-state index contributed by atoms with van der Waals surface area (Å²) >= 11 is 0. The zero-order chi connectivity index (χ0) is 13.2. The first-order valence-corrected chi connectivity index (χ1v) is 5.94. The van der Waals surface area contributed by atoms with Gasteiger partial charge in [-0.15, -0.1) is 0 Å². The molecule has 2 heterocycles. The zero-order valence-corrected chi connectivity index (χ0v) is 10.1. The fourth-order valence-electron chi connectivity index (χ4n) is 1.90. The van der Waals surface area contributed by atoms with E-state index in [1.807, 2.05) is 6.07 Å². The van der Waals surface area contributed by atoms with Crippen molar-refractivity contribution in [1.29, 1.82) is 0 Å². The minimum absolute atomic E-state index is 0.0493. The summed E-state index contributed by atoms with van der Waals surface area (Å²) in [4.78, 5) is 15.6. The summed E-state index contributed by atoms with van der Waals surface area (Å²) in [5.74, 6) is 1.81. The Morgan fingerprint density at radius 2 is 2.32 bits per heavy atom. The standard InChI is InChI=1S/C12H13N5O2/c13-4-3-10-15-12(17-16-10)7-1-2-9-8(5-7)14-11(18)6-19-9/h1-2,5H,3-4,6,13H2,(H,14,18)(H,15,16,17). The van der Waals surface area contributed by atoms with E-state index >= 15 is 0 Å². The first-order chi connectivity index (χ1) is 9.26. The van der Waals surface area contributed by atoms with Gasteiger partial charge in [-0.1, -0.05) is 0 Å². The molecule has 1 amide bonds. The first kappa shape index (κ1) is 11.7. The van der Waals surface area contributed by atoms with E-state index in [0.29, 0.717) is 30.2 Å². The maximum Gasteiger partial charge on any atom is 0.262 e. The summed E-state index contributed by atoms with van der Waals surface area (Å²) in [6.45, 7) is 0.566. The van der Waals surface area contributed by atoms with Crippen molar-refractivity contribution < 1.29 is 9.53 Å². The molecular weight excluding hydrogens is 246 g/mol. The van der Waals surface area contributed by atoms with E-state index in [4.69, 9.17) is 10.5 Å². The number of aromatic amines is 1. The molecule has 0 saturated carbocycles. The van der Waals surface area contributed by atoms with Gasteiger partial charge in [-0.05, 0) is 24.7 Å². The molecule has 0 aliphatic carbocycles. The third kappa shape index (κ3) is 2.27. The highest BCUT2D eigenvalue weighted by Gasteiger charge is 2.17. The maximum atomic E-state index is 11.3. The van der Waals surface area contributed by atoms with Gasteiger partial charge in [-0.2, -0.15) is 5.10 Å². The number of nitrogens with two attached hydrogens (primary N) is 1. The number of aromatic nitrogens is 3. The Morgan fingerprint density at radius 3 is 3.16 bits per heavy atom. The van der Waals surface area contributed by atoms with Crippen LogP contribution in [0.2, 0.25) is 0 Å². The summed E-state index contributed by atoms with van der Waals surface area (Å²) in [5, 5.41) is 9.71. The lowest BCUT2D eigenvalue weighted by Gasteiger charge is -2.17. The molecule has 0 spiro atoms. The molecule has 2 aromatic rings. The van der Waals surface area contributed by atoms with Gasteiger partial charge in [0.25, 0.3) is 5.91 Å². The summed E-state index contributed by atoms with van der Waals surface area (Å²) in [7, 11) is 0. The van der Waals surface area contributed by atoms with Crippen molar-refractivity contribution in [2.24, 2.45) is 5.73 Å². The van der Waals surface area contributed by atoms with Gasteiger partial charge in [-0.25, -0.2) is 4.98 Å². The Kier molecular flexibility index (Phi) is 2.88. The Bertz CT molecular complexity index is 622. The number of ether oxygens (including phenoxy) is 1. The van der Waals surface area contributed by atoms with Crippen LogP contribution in [0.4, 0.5) is 5.69 Å². The zero-order valence-electron chi connectivity index (χ0n) is 10.1. The van der Waals surface area contributed by atoms with Gasteiger partial charge < -0.3 is 15.8 Å². The second kappa shape index (κ2) is 4.69. The van der Waals surface area contributed by atoms with Crippen molar-refractivity contribution in [1.82, 2.24) is 15.2 Å². The predicted molar refractivity (Wildman–Crippen MR) is 68.7 cm³/mol. The second-order valence-electron chi connectivity index (χ2n) is 4.19.